The van der Waals surface area contributed by atoms with Gasteiger partial charge in [-0.05, 0) is 23.8 Å². The molecule has 3 heterocycles. The van der Waals surface area contributed by atoms with Crippen LogP contribution in [0.25, 0.3) is 17.0 Å². The Morgan fingerprint density at radius 3 is 2.93 bits per heavy atom. The molecule has 0 unspecified atom stereocenters. The van der Waals surface area contributed by atoms with E-state index in [0.29, 0.717) is 5.75 Å². The van der Waals surface area contributed by atoms with E-state index in [4.69, 9.17) is 4.74 Å². The Bertz CT molecular complexity index is 946. The van der Waals surface area contributed by atoms with Crippen LogP contribution < -0.4 is 9.64 Å². The largest absolute Gasteiger partial charge is 0.491 e. The fraction of sp³-hybridized carbons (Fsp3) is 0.300. The van der Waals surface area contributed by atoms with Crippen molar-refractivity contribution in [3.8, 4) is 5.75 Å². The number of nitrogens with one attached hydrogen (secondary N) is 1. The van der Waals surface area contributed by atoms with Crippen molar-refractivity contribution in [3.05, 3.63) is 54.4 Å². The number of methoxy groups -OCH3 is 1. The summed E-state index contributed by atoms with van der Waals surface area (Å²) in [5.74, 6) is 1.34. The van der Waals surface area contributed by atoms with E-state index in [1.165, 1.54) is 6.07 Å². The number of benzene rings is 1. The summed E-state index contributed by atoms with van der Waals surface area (Å²) in [6.45, 7) is 4.52. The maximum absolute atomic E-state index is 13.5. The zero-order valence-electron chi connectivity index (χ0n) is 15.2. The van der Waals surface area contributed by atoms with E-state index < -0.39 is 0 Å². The van der Waals surface area contributed by atoms with Crippen LogP contribution in [0.2, 0.25) is 0 Å². The molecule has 6 nitrogen and oxygen atoms in total. The summed E-state index contributed by atoms with van der Waals surface area (Å²) in [6.07, 6.45) is 9.35. The summed E-state index contributed by atoms with van der Waals surface area (Å²) in [4.78, 5) is 16.1. The zero-order chi connectivity index (χ0) is 18.6. The molecular weight excluding hydrogens is 345 g/mol. The summed E-state index contributed by atoms with van der Waals surface area (Å²) < 4.78 is 18.8. The van der Waals surface area contributed by atoms with Gasteiger partial charge in [0.15, 0.2) is 11.6 Å². The first-order chi connectivity index (χ1) is 13.2. The average Bonchev–Trinajstić information content (AvgIpc) is 3.10. The molecule has 3 aromatic rings. The Labute approximate surface area is 157 Å². The lowest BCUT2D eigenvalue weighted by Gasteiger charge is -2.35. The summed E-state index contributed by atoms with van der Waals surface area (Å²) in [6, 6.07) is 4.81. The van der Waals surface area contributed by atoms with Gasteiger partial charge in [0.2, 0.25) is 0 Å². The van der Waals surface area contributed by atoms with E-state index in [-0.39, 0.29) is 5.82 Å². The predicted octanol–water partition coefficient (Wildman–Crippen LogP) is 2.94. The van der Waals surface area contributed by atoms with Gasteiger partial charge in [0.1, 0.15) is 12.1 Å². The van der Waals surface area contributed by atoms with E-state index in [1.807, 2.05) is 6.20 Å². The third-order valence-corrected chi connectivity index (χ3v) is 4.89. The van der Waals surface area contributed by atoms with Crippen molar-refractivity contribution >= 4 is 22.8 Å². The lowest BCUT2D eigenvalue weighted by Crippen LogP contribution is -2.46. The number of halogens is 1. The first-order valence-corrected chi connectivity index (χ1v) is 8.99. The van der Waals surface area contributed by atoms with Crippen molar-refractivity contribution < 1.29 is 9.13 Å². The highest BCUT2D eigenvalue weighted by atomic mass is 19.1. The van der Waals surface area contributed by atoms with Crippen LogP contribution >= 0.6 is 0 Å². The minimum atomic E-state index is -0.215. The Morgan fingerprint density at radius 1 is 1.26 bits per heavy atom. The number of nitrogens with zero attached hydrogens (tertiary/aromatic N) is 4. The van der Waals surface area contributed by atoms with Crippen molar-refractivity contribution in [3.63, 3.8) is 0 Å². The number of aromatic nitrogens is 3. The molecule has 1 saturated heterocycles. The molecule has 1 aliphatic heterocycles. The molecule has 0 bridgehead atoms. The molecule has 27 heavy (non-hydrogen) atoms. The van der Waals surface area contributed by atoms with E-state index in [9.17, 15) is 4.39 Å². The maximum atomic E-state index is 13.5. The number of piperazine rings is 1. The normalized spacial score (nSPS) is 15.7. The van der Waals surface area contributed by atoms with Gasteiger partial charge in [0.05, 0.1) is 13.3 Å². The average molecular weight is 367 g/mol. The van der Waals surface area contributed by atoms with Crippen LogP contribution in [0.5, 0.6) is 5.75 Å². The van der Waals surface area contributed by atoms with Gasteiger partial charge >= 0.3 is 0 Å². The highest BCUT2D eigenvalue weighted by Crippen LogP contribution is 2.25. The van der Waals surface area contributed by atoms with Crippen molar-refractivity contribution in [1.82, 2.24) is 19.9 Å². The quantitative estimate of drug-likeness (QED) is 0.751. The molecule has 0 saturated carbocycles. The van der Waals surface area contributed by atoms with Crippen LogP contribution in [-0.4, -0.2) is 59.7 Å². The molecule has 0 atom stereocenters. The molecule has 0 aliphatic carbocycles. The van der Waals surface area contributed by atoms with Gasteiger partial charge in [-0.25, -0.2) is 14.4 Å². The second-order valence-electron chi connectivity index (χ2n) is 6.54. The molecule has 1 fully saturated rings. The highest BCUT2D eigenvalue weighted by molar-refractivity contribution is 5.88. The van der Waals surface area contributed by atoms with E-state index in [1.54, 1.807) is 31.8 Å². The second-order valence-corrected chi connectivity index (χ2v) is 6.54. The van der Waals surface area contributed by atoms with Crippen LogP contribution in [0.3, 0.4) is 0 Å². The molecule has 1 N–H and O–H groups in total. The molecule has 0 spiro atoms. The Kier molecular flexibility index (Phi) is 5.02. The molecule has 1 aromatic carbocycles. The maximum Gasteiger partial charge on any atom is 0.179 e. The van der Waals surface area contributed by atoms with Crippen molar-refractivity contribution in [2.24, 2.45) is 0 Å². The molecule has 7 heteroatoms. The van der Waals surface area contributed by atoms with Crippen molar-refractivity contribution in [1.29, 1.82) is 0 Å². The van der Waals surface area contributed by atoms with Gasteiger partial charge in [0, 0.05) is 49.8 Å². The minimum Gasteiger partial charge on any atom is -0.491 e. The van der Waals surface area contributed by atoms with Crippen LogP contribution in [0.1, 0.15) is 5.56 Å². The lowest BCUT2D eigenvalue weighted by atomic mass is 10.1. The number of anilines is 1. The molecule has 4 rings (SSSR count). The van der Waals surface area contributed by atoms with Gasteiger partial charge in [-0.2, -0.15) is 0 Å². The van der Waals surface area contributed by atoms with Gasteiger partial charge in [0.25, 0.3) is 0 Å². The highest BCUT2D eigenvalue weighted by Gasteiger charge is 2.20. The van der Waals surface area contributed by atoms with Gasteiger partial charge in [-0.15, -0.1) is 0 Å². The predicted molar refractivity (Wildman–Crippen MR) is 105 cm³/mol. The number of ether oxygens (including phenoxy) is 1. The van der Waals surface area contributed by atoms with Gasteiger partial charge < -0.3 is 14.6 Å². The third kappa shape index (κ3) is 3.78. The smallest absolute Gasteiger partial charge is 0.179 e. The standard InChI is InChI=1S/C20H22FN5O/c1-27-19-13-22-14-24-20(19)26-9-7-25(8-10-26)6-2-3-15-12-23-18-5-4-16(21)11-17(15)18/h2-5,11-14,23H,6-10H2,1H3/b3-2+. The number of fused-ring (bicyclic) bond motifs is 1. The van der Waals surface area contributed by atoms with Crippen molar-refractivity contribution in [2.45, 2.75) is 0 Å². The van der Waals surface area contributed by atoms with Crippen LogP contribution in [0.4, 0.5) is 10.2 Å². The summed E-state index contributed by atoms with van der Waals surface area (Å²) in [7, 11) is 1.64. The second kappa shape index (κ2) is 7.75. The SMILES string of the molecule is COc1cncnc1N1CCN(C/C=C/c2c[nH]c3ccc(F)cc23)CC1. The Hall–Kier alpha value is -2.93. The molecule has 0 amide bonds. The Balaban J connectivity index is 1.35. The van der Waals surface area contributed by atoms with Gasteiger partial charge in [-0.3, -0.25) is 4.90 Å². The summed E-state index contributed by atoms with van der Waals surface area (Å²) >= 11 is 0. The Morgan fingerprint density at radius 2 is 2.11 bits per heavy atom. The molecule has 140 valence electrons. The third-order valence-electron chi connectivity index (χ3n) is 4.89. The number of hydrogen-bond donors (Lipinski definition) is 1. The monoisotopic (exact) mass is 367 g/mol. The van der Waals surface area contributed by atoms with E-state index in [0.717, 1.165) is 55.0 Å². The van der Waals surface area contributed by atoms with Gasteiger partial charge in [-0.1, -0.05) is 12.2 Å². The number of rotatable bonds is 5. The number of H-pyrrole nitrogens is 1. The summed E-state index contributed by atoms with van der Waals surface area (Å²) in [5, 5.41) is 0.909. The first-order valence-electron chi connectivity index (χ1n) is 8.99. The molecule has 0 radical (unpaired) electrons. The lowest BCUT2D eigenvalue weighted by molar-refractivity contribution is 0.282. The topological polar surface area (TPSA) is 57.3 Å². The number of hydrogen-bond acceptors (Lipinski definition) is 5. The van der Waals surface area contributed by atoms with Crippen LogP contribution in [0, 0.1) is 5.82 Å². The van der Waals surface area contributed by atoms with Crippen LogP contribution in [0.15, 0.2) is 43.0 Å². The molecule has 2 aromatic heterocycles. The molecular formula is C20H22FN5O. The van der Waals surface area contributed by atoms with Crippen molar-refractivity contribution in [2.75, 3.05) is 44.7 Å². The van der Waals surface area contributed by atoms with E-state index in [2.05, 4.69) is 36.9 Å². The fourth-order valence-electron chi connectivity index (χ4n) is 3.42. The fourth-order valence-corrected chi connectivity index (χ4v) is 3.42. The van der Waals surface area contributed by atoms with E-state index >= 15 is 0 Å². The number of aromatic amines is 1. The first kappa shape index (κ1) is 17.5. The van der Waals surface area contributed by atoms with Crippen LogP contribution in [-0.2, 0) is 0 Å². The molecule has 1 aliphatic rings. The summed E-state index contributed by atoms with van der Waals surface area (Å²) in [5.41, 5.74) is 1.96. The minimum absolute atomic E-state index is 0.215. The zero-order valence-corrected chi connectivity index (χ0v) is 15.2.